The lowest BCUT2D eigenvalue weighted by atomic mass is 9.91. The summed E-state index contributed by atoms with van der Waals surface area (Å²) in [6, 6.07) is 8.39. The Morgan fingerprint density at radius 3 is 2.74 bits per heavy atom. The number of rotatable bonds is 8. The minimum Gasteiger partial charge on any atom is -0.379 e. The van der Waals surface area contributed by atoms with Crippen molar-refractivity contribution in [1.29, 1.82) is 0 Å². The van der Waals surface area contributed by atoms with E-state index in [0.29, 0.717) is 38.5 Å². The summed E-state index contributed by atoms with van der Waals surface area (Å²) in [5.41, 5.74) is 1.05. The molecule has 0 bridgehead atoms. The van der Waals surface area contributed by atoms with Gasteiger partial charge in [0.05, 0.1) is 12.7 Å². The Balaban J connectivity index is 1.53. The molecule has 0 unspecified atom stereocenters. The van der Waals surface area contributed by atoms with Crippen molar-refractivity contribution in [1.82, 2.24) is 25.2 Å². The van der Waals surface area contributed by atoms with Gasteiger partial charge in [0.2, 0.25) is 0 Å². The Morgan fingerprint density at radius 1 is 1.30 bits per heavy atom. The molecule has 7 nitrogen and oxygen atoms in total. The molecular formula is C20H29N5O2. The van der Waals surface area contributed by atoms with Crippen LogP contribution in [0.4, 0.5) is 0 Å². The Bertz CT molecular complexity index is 729. The topological polar surface area (TPSA) is 83.3 Å². The molecule has 2 N–H and O–H groups in total. The summed E-state index contributed by atoms with van der Waals surface area (Å²) >= 11 is 0. The molecule has 146 valence electrons. The fourth-order valence-corrected chi connectivity index (χ4v) is 3.45. The lowest BCUT2D eigenvalue weighted by Gasteiger charge is -2.38. The van der Waals surface area contributed by atoms with E-state index in [-0.39, 0.29) is 12.5 Å². The fraction of sp³-hybridized carbons (Fsp3) is 0.550. The summed E-state index contributed by atoms with van der Waals surface area (Å²) < 4.78 is 1.72. The molecule has 1 aromatic carbocycles. The Morgan fingerprint density at radius 2 is 2.07 bits per heavy atom. The van der Waals surface area contributed by atoms with Gasteiger partial charge < -0.3 is 15.3 Å². The zero-order chi connectivity index (χ0) is 19.3. The van der Waals surface area contributed by atoms with Crippen molar-refractivity contribution >= 4 is 5.91 Å². The molecule has 3 rings (SSSR count). The summed E-state index contributed by atoms with van der Waals surface area (Å²) in [5.74, 6) is 0.305. The van der Waals surface area contributed by atoms with Gasteiger partial charge in [0, 0.05) is 32.4 Å². The molecule has 7 heteroatoms. The maximum absolute atomic E-state index is 12.9. The van der Waals surface area contributed by atoms with E-state index in [1.165, 1.54) is 5.56 Å². The van der Waals surface area contributed by atoms with Crippen LogP contribution in [0, 0.1) is 0 Å². The number of hydrogen-bond donors (Lipinski definition) is 2. The van der Waals surface area contributed by atoms with Crippen LogP contribution in [0.5, 0.6) is 0 Å². The van der Waals surface area contributed by atoms with E-state index in [9.17, 15) is 9.90 Å². The number of carbonyl (C=O) groups is 1. The van der Waals surface area contributed by atoms with E-state index in [2.05, 4.69) is 53.7 Å². The molecule has 27 heavy (non-hydrogen) atoms. The van der Waals surface area contributed by atoms with Crippen molar-refractivity contribution in [2.45, 2.75) is 51.3 Å². The molecular weight excluding hydrogens is 342 g/mol. The van der Waals surface area contributed by atoms with Crippen molar-refractivity contribution in [3.63, 3.8) is 0 Å². The second kappa shape index (κ2) is 8.63. The van der Waals surface area contributed by atoms with Crippen molar-refractivity contribution < 1.29 is 9.90 Å². The van der Waals surface area contributed by atoms with Crippen LogP contribution in [0.1, 0.15) is 43.7 Å². The Hall–Kier alpha value is -2.25. The minimum atomic E-state index is -1.33. The second-order valence-electron chi connectivity index (χ2n) is 7.60. The molecule has 0 radical (unpaired) electrons. The third-order valence-electron chi connectivity index (χ3n) is 5.13. The molecule has 1 aliphatic rings. The highest BCUT2D eigenvalue weighted by Gasteiger charge is 2.41. The number of nitrogens with one attached hydrogen (secondary N) is 1. The first-order chi connectivity index (χ1) is 13.0. The van der Waals surface area contributed by atoms with Crippen LogP contribution >= 0.6 is 0 Å². The molecule has 1 aliphatic heterocycles. The maximum atomic E-state index is 12.9. The Labute approximate surface area is 160 Å². The van der Waals surface area contributed by atoms with Crippen LogP contribution in [-0.2, 0) is 17.9 Å². The Kier molecular flexibility index (Phi) is 6.23. The molecule has 1 saturated heterocycles. The van der Waals surface area contributed by atoms with E-state index in [0.717, 1.165) is 12.0 Å². The van der Waals surface area contributed by atoms with E-state index >= 15 is 0 Å². The second-order valence-corrected chi connectivity index (χ2v) is 7.60. The number of aliphatic hydroxyl groups is 1. The normalized spacial score (nSPS) is 20.4. The van der Waals surface area contributed by atoms with Gasteiger partial charge in [-0.3, -0.25) is 9.48 Å². The molecule has 2 aromatic rings. The van der Waals surface area contributed by atoms with Crippen LogP contribution in [0.3, 0.4) is 0 Å². The SMILES string of the molecule is CC(C)c1ccc(CN2CCC[C@@](O)(CNCCn3ccnn3)C2=O)cc1. The smallest absolute Gasteiger partial charge is 0.256 e. The number of nitrogens with zero attached hydrogens (tertiary/aromatic N) is 4. The molecule has 1 atom stereocenters. The number of aromatic nitrogens is 3. The van der Waals surface area contributed by atoms with Crippen molar-refractivity contribution in [2.24, 2.45) is 0 Å². The lowest BCUT2D eigenvalue weighted by molar-refractivity contribution is -0.157. The van der Waals surface area contributed by atoms with Gasteiger partial charge in [0.1, 0.15) is 0 Å². The standard InChI is InChI=1S/C20H29N5O2/c1-16(2)18-6-4-17(5-7-18)14-24-11-3-8-20(27,19(24)26)15-21-9-12-25-13-10-22-23-25/h4-7,10,13,16,21,27H,3,8-9,11-12,14-15H2,1-2H3/t20-/m1/s1. The van der Waals surface area contributed by atoms with E-state index in [1.54, 1.807) is 22.0 Å². The predicted molar refractivity (Wildman–Crippen MR) is 103 cm³/mol. The van der Waals surface area contributed by atoms with Crippen LogP contribution < -0.4 is 5.32 Å². The number of benzene rings is 1. The average Bonchev–Trinajstić information content (AvgIpc) is 3.17. The van der Waals surface area contributed by atoms with Crippen LogP contribution in [-0.4, -0.2) is 56.1 Å². The molecule has 1 aromatic heterocycles. The monoisotopic (exact) mass is 371 g/mol. The van der Waals surface area contributed by atoms with Gasteiger partial charge in [0.15, 0.2) is 5.60 Å². The van der Waals surface area contributed by atoms with Gasteiger partial charge in [0.25, 0.3) is 5.91 Å². The number of amides is 1. The van der Waals surface area contributed by atoms with Gasteiger partial charge in [-0.05, 0) is 29.9 Å². The highest BCUT2D eigenvalue weighted by Crippen LogP contribution is 2.24. The first-order valence-electron chi connectivity index (χ1n) is 9.63. The highest BCUT2D eigenvalue weighted by atomic mass is 16.3. The molecule has 0 spiro atoms. The summed E-state index contributed by atoms with van der Waals surface area (Å²) in [7, 11) is 0. The van der Waals surface area contributed by atoms with Crippen molar-refractivity contribution in [2.75, 3.05) is 19.6 Å². The predicted octanol–water partition coefficient (Wildman–Crippen LogP) is 1.54. The lowest BCUT2D eigenvalue weighted by Crippen LogP contribution is -2.57. The van der Waals surface area contributed by atoms with Gasteiger partial charge in [-0.2, -0.15) is 0 Å². The van der Waals surface area contributed by atoms with Crippen LogP contribution in [0.2, 0.25) is 0 Å². The van der Waals surface area contributed by atoms with Crippen LogP contribution in [0.15, 0.2) is 36.7 Å². The quantitative estimate of drug-likeness (QED) is 0.688. The third kappa shape index (κ3) is 4.93. The van der Waals surface area contributed by atoms with Crippen LogP contribution in [0.25, 0.3) is 0 Å². The average molecular weight is 371 g/mol. The number of likely N-dealkylation sites (tertiary alicyclic amines) is 1. The van der Waals surface area contributed by atoms with E-state index in [4.69, 9.17) is 0 Å². The van der Waals surface area contributed by atoms with Gasteiger partial charge in [-0.25, -0.2) is 0 Å². The molecule has 1 fully saturated rings. The molecule has 0 saturated carbocycles. The third-order valence-corrected chi connectivity index (χ3v) is 5.13. The van der Waals surface area contributed by atoms with E-state index in [1.807, 2.05) is 0 Å². The summed E-state index contributed by atoms with van der Waals surface area (Å²) in [4.78, 5) is 14.6. The highest BCUT2D eigenvalue weighted by molar-refractivity contribution is 5.86. The van der Waals surface area contributed by atoms with Crippen molar-refractivity contribution in [3.8, 4) is 0 Å². The van der Waals surface area contributed by atoms with Gasteiger partial charge >= 0.3 is 0 Å². The molecule has 1 amide bonds. The summed E-state index contributed by atoms with van der Waals surface area (Å²) in [5, 5.41) is 21.7. The molecule has 0 aliphatic carbocycles. The molecule has 2 heterocycles. The zero-order valence-corrected chi connectivity index (χ0v) is 16.1. The fourth-order valence-electron chi connectivity index (χ4n) is 3.45. The number of piperidine rings is 1. The minimum absolute atomic E-state index is 0.185. The van der Waals surface area contributed by atoms with Gasteiger partial charge in [-0.15, -0.1) is 5.10 Å². The number of carbonyl (C=O) groups excluding carboxylic acids is 1. The maximum Gasteiger partial charge on any atom is 0.256 e. The summed E-state index contributed by atoms with van der Waals surface area (Å²) in [6.07, 6.45) is 4.71. The van der Waals surface area contributed by atoms with Gasteiger partial charge in [-0.1, -0.05) is 43.3 Å². The van der Waals surface area contributed by atoms with Crippen molar-refractivity contribution in [3.05, 3.63) is 47.8 Å². The largest absolute Gasteiger partial charge is 0.379 e. The summed E-state index contributed by atoms with van der Waals surface area (Å²) in [6.45, 7) is 7.08. The first kappa shape index (κ1) is 19.5. The number of hydrogen-bond acceptors (Lipinski definition) is 5. The zero-order valence-electron chi connectivity index (χ0n) is 16.1. The first-order valence-corrected chi connectivity index (χ1v) is 9.63. The van der Waals surface area contributed by atoms with E-state index < -0.39 is 5.60 Å².